The number of hydrogen-bond donors (Lipinski definition) is 0. The molecule has 27 heavy (non-hydrogen) atoms. The van der Waals surface area contributed by atoms with Crippen molar-refractivity contribution >= 4 is 16.0 Å². The smallest absolute Gasteiger partial charge is 0.343 e. The Morgan fingerprint density at radius 3 is 2.41 bits per heavy atom. The van der Waals surface area contributed by atoms with Crippen molar-refractivity contribution in [3.8, 4) is 5.75 Å². The number of esters is 1. The highest BCUT2D eigenvalue weighted by molar-refractivity contribution is 7.89. The Kier molecular flexibility index (Phi) is 5.64. The van der Waals surface area contributed by atoms with Gasteiger partial charge in [0, 0.05) is 13.1 Å². The molecule has 0 radical (unpaired) electrons. The van der Waals surface area contributed by atoms with Gasteiger partial charge in [-0.15, -0.1) is 0 Å². The third-order valence-electron chi connectivity index (χ3n) is 4.75. The molecule has 0 aromatic heterocycles. The number of nitrogens with zero attached hydrogens (tertiary/aromatic N) is 1. The summed E-state index contributed by atoms with van der Waals surface area (Å²) in [6, 6.07) is 9.83. The molecule has 6 nitrogen and oxygen atoms in total. The van der Waals surface area contributed by atoms with E-state index in [-0.39, 0.29) is 10.5 Å². The summed E-state index contributed by atoms with van der Waals surface area (Å²) in [4.78, 5) is 12.7. The Hall–Kier alpha value is -2.22. The van der Waals surface area contributed by atoms with E-state index < -0.39 is 16.0 Å². The molecule has 0 bridgehead atoms. The molecule has 1 fully saturated rings. The summed E-state index contributed by atoms with van der Waals surface area (Å²) in [7, 11) is -3.67. The van der Waals surface area contributed by atoms with Gasteiger partial charge in [0.05, 0.1) is 23.7 Å². The molecule has 0 N–H and O–H groups in total. The van der Waals surface area contributed by atoms with E-state index in [9.17, 15) is 13.2 Å². The summed E-state index contributed by atoms with van der Waals surface area (Å²) in [5.41, 5.74) is 2.96. The van der Waals surface area contributed by atoms with Crippen molar-refractivity contribution in [1.29, 1.82) is 0 Å². The van der Waals surface area contributed by atoms with E-state index >= 15 is 0 Å². The first-order valence-corrected chi connectivity index (χ1v) is 10.2. The van der Waals surface area contributed by atoms with Crippen LogP contribution in [0.3, 0.4) is 0 Å². The summed E-state index contributed by atoms with van der Waals surface area (Å²) in [5.74, 6) is -0.0627. The van der Waals surface area contributed by atoms with Gasteiger partial charge in [0.1, 0.15) is 5.75 Å². The fourth-order valence-corrected chi connectivity index (χ4v) is 4.41. The average Bonchev–Trinajstić information content (AvgIpc) is 2.69. The van der Waals surface area contributed by atoms with Gasteiger partial charge in [-0.3, -0.25) is 0 Å². The number of rotatable bonds is 4. The van der Waals surface area contributed by atoms with Crippen molar-refractivity contribution in [3.05, 3.63) is 58.7 Å². The van der Waals surface area contributed by atoms with Crippen LogP contribution in [-0.2, 0) is 14.8 Å². The predicted molar refractivity (Wildman–Crippen MR) is 102 cm³/mol. The van der Waals surface area contributed by atoms with E-state index in [4.69, 9.17) is 9.47 Å². The second-order valence-electron chi connectivity index (χ2n) is 6.59. The lowest BCUT2D eigenvalue weighted by Crippen LogP contribution is -2.40. The van der Waals surface area contributed by atoms with Crippen molar-refractivity contribution in [3.63, 3.8) is 0 Å². The first-order valence-electron chi connectivity index (χ1n) is 8.77. The van der Waals surface area contributed by atoms with Gasteiger partial charge in [0.25, 0.3) is 0 Å². The highest BCUT2D eigenvalue weighted by Gasteiger charge is 2.27. The van der Waals surface area contributed by atoms with Crippen LogP contribution in [0.2, 0.25) is 0 Å². The van der Waals surface area contributed by atoms with Crippen LogP contribution in [0.4, 0.5) is 0 Å². The van der Waals surface area contributed by atoms with Crippen molar-refractivity contribution in [1.82, 2.24) is 4.31 Å². The van der Waals surface area contributed by atoms with Crippen molar-refractivity contribution in [2.24, 2.45) is 0 Å². The minimum atomic E-state index is -3.67. The molecular formula is C20H23NO5S. The van der Waals surface area contributed by atoms with Crippen molar-refractivity contribution in [2.45, 2.75) is 25.7 Å². The topological polar surface area (TPSA) is 72.9 Å². The molecular weight excluding hydrogens is 366 g/mol. The molecule has 0 aliphatic carbocycles. The van der Waals surface area contributed by atoms with Crippen molar-refractivity contribution in [2.75, 3.05) is 26.3 Å². The van der Waals surface area contributed by atoms with Crippen LogP contribution in [-0.4, -0.2) is 45.0 Å². The van der Waals surface area contributed by atoms with Gasteiger partial charge < -0.3 is 9.47 Å². The van der Waals surface area contributed by atoms with Crippen LogP contribution >= 0.6 is 0 Å². The number of benzene rings is 2. The SMILES string of the molecule is Cc1ccc(C)c(OC(=O)c2cccc(S(=O)(=O)N3CCOCC3)c2)c1C. The Morgan fingerprint density at radius 1 is 1.04 bits per heavy atom. The largest absolute Gasteiger partial charge is 0.422 e. The lowest BCUT2D eigenvalue weighted by molar-refractivity contribution is 0.0726. The molecule has 7 heteroatoms. The fraction of sp³-hybridized carbons (Fsp3) is 0.350. The van der Waals surface area contributed by atoms with E-state index in [1.165, 1.54) is 16.4 Å². The van der Waals surface area contributed by atoms with E-state index in [0.717, 1.165) is 16.7 Å². The lowest BCUT2D eigenvalue weighted by Gasteiger charge is -2.26. The fourth-order valence-electron chi connectivity index (χ4n) is 2.95. The minimum absolute atomic E-state index is 0.0801. The van der Waals surface area contributed by atoms with Gasteiger partial charge in [0.2, 0.25) is 10.0 Å². The third-order valence-corrected chi connectivity index (χ3v) is 6.64. The van der Waals surface area contributed by atoms with E-state index in [1.807, 2.05) is 32.9 Å². The molecule has 0 atom stereocenters. The molecule has 1 heterocycles. The van der Waals surface area contributed by atoms with Gasteiger partial charge in [-0.25, -0.2) is 13.2 Å². The summed E-state index contributed by atoms with van der Waals surface area (Å²) >= 11 is 0. The molecule has 0 saturated carbocycles. The molecule has 0 spiro atoms. The molecule has 2 aromatic carbocycles. The zero-order valence-corrected chi connectivity index (χ0v) is 16.5. The summed E-state index contributed by atoms with van der Waals surface area (Å²) in [5, 5.41) is 0. The maximum Gasteiger partial charge on any atom is 0.343 e. The van der Waals surface area contributed by atoms with Crippen LogP contribution in [0.1, 0.15) is 27.0 Å². The normalized spacial score (nSPS) is 15.5. The predicted octanol–water partition coefficient (Wildman–Crippen LogP) is 2.85. The quantitative estimate of drug-likeness (QED) is 0.594. The Balaban J connectivity index is 1.87. The highest BCUT2D eigenvalue weighted by Crippen LogP contribution is 2.27. The van der Waals surface area contributed by atoms with Crippen LogP contribution in [0, 0.1) is 20.8 Å². The maximum atomic E-state index is 12.8. The van der Waals surface area contributed by atoms with Crippen LogP contribution in [0.5, 0.6) is 5.75 Å². The lowest BCUT2D eigenvalue weighted by atomic mass is 10.1. The van der Waals surface area contributed by atoms with E-state index in [0.29, 0.717) is 32.1 Å². The monoisotopic (exact) mass is 389 g/mol. The van der Waals surface area contributed by atoms with Gasteiger partial charge in [-0.1, -0.05) is 18.2 Å². The summed E-state index contributed by atoms with van der Waals surface area (Å²) < 4.78 is 37.8. The maximum absolute atomic E-state index is 12.8. The molecule has 1 aliphatic heterocycles. The molecule has 144 valence electrons. The van der Waals surface area contributed by atoms with Crippen LogP contribution in [0.25, 0.3) is 0 Å². The standard InChI is InChI=1S/C20H23NO5S/c1-14-7-8-15(2)19(16(14)3)26-20(22)17-5-4-6-18(13-17)27(23,24)21-9-11-25-12-10-21/h4-8,13H,9-12H2,1-3H3. The van der Waals surface area contributed by atoms with Gasteiger partial charge >= 0.3 is 5.97 Å². The number of sulfonamides is 1. The molecule has 1 aliphatic rings. The Morgan fingerprint density at radius 2 is 1.70 bits per heavy atom. The van der Waals surface area contributed by atoms with E-state index in [2.05, 4.69) is 0 Å². The molecule has 1 saturated heterocycles. The minimum Gasteiger partial charge on any atom is -0.422 e. The molecule has 0 unspecified atom stereocenters. The first-order chi connectivity index (χ1) is 12.8. The number of morpholine rings is 1. The Bertz CT molecular complexity index is 962. The zero-order valence-electron chi connectivity index (χ0n) is 15.7. The second kappa shape index (κ2) is 7.80. The number of hydrogen-bond acceptors (Lipinski definition) is 5. The summed E-state index contributed by atoms with van der Waals surface area (Å²) in [6.45, 7) is 7.05. The number of ether oxygens (including phenoxy) is 2. The second-order valence-corrected chi connectivity index (χ2v) is 8.53. The van der Waals surface area contributed by atoms with Gasteiger partial charge in [-0.2, -0.15) is 4.31 Å². The highest BCUT2D eigenvalue weighted by atomic mass is 32.2. The van der Waals surface area contributed by atoms with Crippen LogP contribution < -0.4 is 4.74 Å². The molecule has 2 aromatic rings. The average molecular weight is 389 g/mol. The van der Waals surface area contributed by atoms with Gasteiger partial charge in [0.15, 0.2) is 0 Å². The first kappa shape index (κ1) is 19.5. The van der Waals surface area contributed by atoms with Gasteiger partial charge in [-0.05, 0) is 55.7 Å². The summed E-state index contributed by atoms with van der Waals surface area (Å²) in [6.07, 6.45) is 0. The molecule has 3 rings (SSSR count). The van der Waals surface area contributed by atoms with Crippen molar-refractivity contribution < 1.29 is 22.7 Å². The third kappa shape index (κ3) is 4.05. The number of carbonyl (C=O) groups is 1. The van der Waals surface area contributed by atoms with E-state index in [1.54, 1.807) is 12.1 Å². The Labute approximate surface area is 159 Å². The number of carbonyl (C=O) groups excluding carboxylic acids is 1. The molecule has 0 amide bonds. The van der Waals surface area contributed by atoms with Crippen LogP contribution in [0.15, 0.2) is 41.3 Å². The number of aryl methyl sites for hydroxylation is 2. The zero-order chi connectivity index (χ0) is 19.6.